The minimum Gasteiger partial charge on any atom is -0.495 e. The zero-order valence-electron chi connectivity index (χ0n) is 10.6. The summed E-state index contributed by atoms with van der Waals surface area (Å²) in [6, 6.07) is 1.81. The smallest absolute Gasteiger partial charge is 0.209 e. The molecule has 6 nitrogen and oxygen atoms in total. The molecule has 1 fully saturated rings. The van der Waals surface area contributed by atoms with E-state index in [9.17, 15) is 4.79 Å². The summed E-state index contributed by atoms with van der Waals surface area (Å²) in [5.74, 6) is 2.15. The Hall–Kier alpha value is -1.98. The van der Waals surface area contributed by atoms with Gasteiger partial charge in [0.15, 0.2) is 11.6 Å². The predicted molar refractivity (Wildman–Crippen MR) is 67.2 cm³/mol. The van der Waals surface area contributed by atoms with Crippen LogP contribution in [0.25, 0.3) is 0 Å². The van der Waals surface area contributed by atoms with Crippen LogP contribution < -0.4 is 14.4 Å². The Labute approximate surface area is 106 Å². The van der Waals surface area contributed by atoms with Gasteiger partial charge in [-0.3, -0.25) is 4.79 Å². The third kappa shape index (κ3) is 2.47. The summed E-state index contributed by atoms with van der Waals surface area (Å²) in [7, 11) is 3.21. The van der Waals surface area contributed by atoms with Gasteiger partial charge in [0.05, 0.1) is 20.4 Å². The van der Waals surface area contributed by atoms with Gasteiger partial charge in [0.1, 0.15) is 5.75 Å². The highest BCUT2D eigenvalue weighted by Crippen LogP contribution is 2.29. The molecule has 1 aliphatic rings. The molecule has 0 radical (unpaired) electrons. The summed E-state index contributed by atoms with van der Waals surface area (Å²) >= 11 is 0. The Morgan fingerprint density at radius 2 is 1.94 bits per heavy atom. The number of carbonyl (C=O) groups is 1. The Morgan fingerprint density at radius 3 is 2.50 bits per heavy atom. The number of ether oxygens (including phenoxy) is 2. The number of carbonyl (C=O) groups excluding carboxylic acids is 1. The van der Waals surface area contributed by atoms with Crippen molar-refractivity contribution in [2.45, 2.75) is 0 Å². The molecule has 1 saturated heterocycles. The molecule has 6 heteroatoms. The molecule has 1 aromatic rings. The van der Waals surface area contributed by atoms with Gasteiger partial charge in [-0.25, -0.2) is 4.98 Å². The quantitative estimate of drug-likeness (QED) is 0.724. The Bertz CT molecular complexity index is 417. The third-order valence-electron chi connectivity index (χ3n) is 3.03. The van der Waals surface area contributed by atoms with Gasteiger partial charge < -0.3 is 19.3 Å². The van der Waals surface area contributed by atoms with E-state index in [2.05, 4.69) is 9.88 Å². The highest BCUT2D eigenvalue weighted by molar-refractivity contribution is 5.56. The first kappa shape index (κ1) is 12.5. The molecule has 1 amide bonds. The number of pyridine rings is 1. The van der Waals surface area contributed by atoms with E-state index in [0.29, 0.717) is 24.6 Å². The SMILES string of the molecule is COc1cnc(N2CCN(C=O)CC2)c(OC)c1. The number of hydrogen-bond acceptors (Lipinski definition) is 5. The first-order valence-corrected chi connectivity index (χ1v) is 5.80. The first-order chi connectivity index (χ1) is 8.78. The van der Waals surface area contributed by atoms with Crippen LogP contribution in [-0.2, 0) is 4.79 Å². The molecule has 2 heterocycles. The molecule has 0 spiro atoms. The van der Waals surface area contributed by atoms with Crippen molar-refractivity contribution in [2.24, 2.45) is 0 Å². The van der Waals surface area contributed by atoms with Crippen molar-refractivity contribution in [1.29, 1.82) is 0 Å². The monoisotopic (exact) mass is 251 g/mol. The molecular weight excluding hydrogens is 234 g/mol. The van der Waals surface area contributed by atoms with Gasteiger partial charge in [0.2, 0.25) is 6.41 Å². The predicted octanol–water partition coefficient (Wildman–Crippen LogP) is 0.377. The van der Waals surface area contributed by atoms with E-state index in [0.717, 1.165) is 25.3 Å². The molecule has 0 saturated carbocycles. The van der Waals surface area contributed by atoms with E-state index in [-0.39, 0.29) is 0 Å². The van der Waals surface area contributed by atoms with Crippen molar-refractivity contribution in [2.75, 3.05) is 45.3 Å². The maximum atomic E-state index is 10.7. The number of methoxy groups -OCH3 is 2. The van der Waals surface area contributed by atoms with Crippen LogP contribution in [0.1, 0.15) is 0 Å². The molecule has 0 atom stereocenters. The molecule has 0 aliphatic carbocycles. The maximum absolute atomic E-state index is 10.7. The maximum Gasteiger partial charge on any atom is 0.209 e. The summed E-state index contributed by atoms with van der Waals surface area (Å²) in [5.41, 5.74) is 0. The fourth-order valence-corrected chi connectivity index (χ4v) is 1.96. The standard InChI is InChI=1S/C12H17N3O3/c1-17-10-7-11(18-2)12(13-8-10)15-5-3-14(9-16)4-6-15/h7-9H,3-6H2,1-2H3. The van der Waals surface area contributed by atoms with Crippen LogP contribution in [-0.4, -0.2) is 56.7 Å². The highest BCUT2D eigenvalue weighted by Gasteiger charge is 2.20. The molecule has 0 aromatic carbocycles. The van der Waals surface area contributed by atoms with Gasteiger partial charge in [-0.1, -0.05) is 0 Å². The second-order valence-electron chi connectivity index (χ2n) is 4.03. The Morgan fingerprint density at radius 1 is 1.22 bits per heavy atom. The lowest BCUT2D eigenvalue weighted by atomic mass is 10.3. The van der Waals surface area contributed by atoms with E-state index in [1.165, 1.54) is 0 Å². The summed E-state index contributed by atoms with van der Waals surface area (Å²) in [4.78, 5) is 18.9. The first-order valence-electron chi connectivity index (χ1n) is 5.80. The number of aromatic nitrogens is 1. The fraction of sp³-hybridized carbons (Fsp3) is 0.500. The van der Waals surface area contributed by atoms with E-state index in [1.54, 1.807) is 25.3 Å². The average Bonchev–Trinajstić information content (AvgIpc) is 2.46. The summed E-state index contributed by atoms with van der Waals surface area (Å²) in [6.07, 6.45) is 2.56. The summed E-state index contributed by atoms with van der Waals surface area (Å²) in [6.45, 7) is 2.93. The zero-order chi connectivity index (χ0) is 13.0. The van der Waals surface area contributed by atoms with Crippen LogP contribution in [0.15, 0.2) is 12.3 Å². The lowest BCUT2D eigenvalue weighted by Crippen LogP contribution is -2.46. The average molecular weight is 251 g/mol. The molecule has 18 heavy (non-hydrogen) atoms. The molecule has 1 aliphatic heterocycles. The topological polar surface area (TPSA) is 54.9 Å². The molecule has 2 rings (SSSR count). The molecule has 0 bridgehead atoms. The van der Waals surface area contributed by atoms with Crippen molar-refractivity contribution in [3.8, 4) is 11.5 Å². The molecule has 98 valence electrons. The lowest BCUT2D eigenvalue weighted by molar-refractivity contribution is -0.118. The largest absolute Gasteiger partial charge is 0.495 e. The number of amides is 1. The van der Waals surface area contributed by atoms with Crippen LogP contribution in [0.3, 0.4) is 0 Å². The van der Waals surface area contributed by atoms with Gasteiger partial charge in [-0.2, -0.15) is 0 Å². The van der Waals surface area contributed by atoms with Gasteiger partial charge in [-0.05, 0) is 0 Å². The van der Waals surface area contributed by atoms with Crippen molar-refractivity contribution >= 4 is 12.2 Å². The van der Waals surface area contributed by atoms with Gasteiger partial charge >= 0.3 is 0 Å². The van der Waals surface area contributed by atoms with Gasteiger partial charge in [0, 0.05) is 32.2 Å². The van der Waals surface area contributed by atoms with E-state index in [4.69, 9.17) is 9.47 Å². The molecule has 0 unspecified atom stereocenters. The van der Waals surface area contributed by atoms with Crippen LogP contribution >= 0.6 is 0 Å². The minimum atomic E-state index is 0.669. The normalized spacial score (nSPS) is 15.4. The van der Waals surface area contributed by atoms with Crippen molar-refractivity contribution < 1.29 is 14.3 Å². The van der Waals surface area contributed by atoms with Crippen molar-refractivity contribution in [1.82, 2.24) is 9.88 Å². The van der Waals surface area contributed by atoms with E-state index in [1.807, 2.05) is 6.07 Å². The zero-order valence-corrected chi connectivity index (χ0v) is 10.6. The Balaban J connectivity index is 2.15. The second-order valence-corrected chi connectivity index (χ2v) is 4.03. The van der Waals surface area contributed by atoms with E-state index < -0.39 is 0 Å². The van der Waals surface area contributed by atoms with Crippen LogP contribution in [0.5, 0.6) is 11.5 Å². The number of hydrogen-bond donors (Lipinski definition) is 0. The number of piperazine rings is 1. The van der Waals surface area contributed by atoms with Crippen molar-refractivity contribution in [3.63, 3.8) is 0 Å². The Kier molecular flexibility index (Phi) is 3.86. The summed E-state index contributed by atoms with van der Waals surface area (Å²) in [5, 5.41) is 0. The van der Waals surface area contributed by atoms with Crippen LogP contribution in [0.2, 0.25) is 0 Å². The van der Waals surface area contributed by atoms with Crippen molar-refractivity contribution in [3.05, 3.63) is 12.3 Å². The fourth-order valence-electron chi connectivity index (χ4n) is 1.96. The second kappa shape index (κ2) is 5.57. The molecule has 0 N–H and O–H groups in total. The molecule has 1 aromatic heterocycles. The van der Waals surface area contributed by atoms with E-state index >= 15 is 0 Å². The third-order valence-corrected chi connectivity index (χ3v) is 3.03. The minimum absolute atomic E-state index is 0.669. The number of nitrogens with zero attached hydrogens (tertiary/aromatic N) is 3. The van der Waals surface area contributed by atoms with Gasteiger partial charge in [0.25, 0.3) is 0 Å². The summed E-state index contributed by atoms with van der Waals surface area (Å²) < 4.78 is 10.4. The number of anilines is 1. The van der Waals surface area contributed by atoms with Crippen LogP contribution in [0.4, 0.5) is 5.82 Å². The highest BCUT2D eigenvalue weighted by atomic mass is 16.5. The molecular formula is C12H17N3O3. The lowest BCUT2D eigenvalue weighted by Gasteiger charge is -2.33. The van der Waals surface area contributed by atoms with Gasteiger partial charge in [-0.15, -0.1) is 0 Å². The number of rotatable bonds is 4. The van der Waals surface area contributed by atoms with Crippen LogP contribution in [0, 0.1) is 0 Å².